The Morgan fingerprint density at radius 3 is 1.97 bits per heavy atom. The van der Waals surface area contributed by atoms with E-state index in [1.807, 2.05) is 66.7 Å². The highest BCUT2D eigenvalue weighted by Gasteiger charge is 2.22. The van der Waals surface area contributed by atoms with Gasteiger partial charge in [0.25, 0.3) is 0 Å². The third-order valence-electron chi connectivity index (χ3n) is 5.14. The van der Waals surface area contributed by atoms with Crippen LogP contribution in [0.15, 0.2) is 102 Å². The quantitative estimate of drug-likeness (QED) is 0.215. The molecule has 0 heterocycles. The molecule has 36 heavy (non-hydrogen) atoms. The van der Waals surface area contributed by atoms with Crippen LogP contribution in [0.5, 0.6) is 0 Å². The van der Waals surface area contributed by atoms with Gasteiger partial charge in [0.05, 0.1) is 6.42 Å². The lowest BCUT2D eigenvalue weighted by molar-refractivity contribution is -0.116. The maximum atomic E-state index is 13.3. The van der Waals surface area contributed by atoms with Crippen LogP contribution in [0.4, 0.5) is 11.4 Å². The molecule has 0 fully saturated rings. The van der Waals surface area contributed by atoms with Crippen molar-refractivity contribution in [3.05, 3.63) is 123 Å². The molecule has 0 spiro atoms. The molecule has 8 heteroatoms. The number of anilines is 2. The smallest absolute Gasteiger partial charge is 0.242 e. The molecule has 0 aliphatic rings. The maximum Gasteiger partial charge on any atom is 0.242 e. The van der Waals surface area contributed by atoms with Gasteiger partial charge in [-0.1, -0.05) is 77.3 Å². The van der Waals surface area contributed by atoms with Crippen molar-refractivity contribution in [1.29, 1.82) is 0 Å². The van der Waals surface area contributed by atoms with Gasteiger partial charge in [-0.2, -0.15) is 0 Å². The van der Waals surface area contributed by atoms with E-state index in [1.54, 1.807) is 30.3 Å². The predicted octanol–water partition coefficient (Wildman–Crippen LogP) is 8.30. The van der Waals surface area contributed by atoms with Gasteiger partial charge in [0, 0.05) is 31.3 Å². The van der Waals surface area contributed by atoms with E-state index in [0.717, 1.165) is 16.0 Å². The number of halogens is 3. The van der Waals surface area contributed by atoms with E-state index in [4.69, 9.17) is 34.8 Å². The molecule has 0 saturated heterocycles. The molecule has 0 aromatic heterocycles. The number of rotatable bonds is 8. The Morgan fingerprint density at radius 1 is 0.694 bits per heavy atom. The fraction of sp³-hybridized carbons (Fsp3) is 0.0714. The minimum absolute atomic E-state index is 0.126. The molecule has 0 aliphatic carbocycles. The molecule has 4 nitrogen and oxygen atoms in total. The van der Waals surface area contributed by atoms with Crippen LogP contribution in [-0.2, 0) is 16.0 Å². The largest absolute Gasteiger partial charge is 0.326 e. The number of thioether (sulfide) groups is 1. The SMILES string of the molecule is O=C(Cc1ccc(Cl)cc1)Nc1ccc(SC(C(=O)Nc2cc(Cl)cc(Cl)c2)c2ccccc2)cc1. The summed E-state index contributed by atoms with van der Waals surface area (Å²) < 4.78 is 0. The number of hydrogen-bond donors (Lipinski definition) is 2. The van der Waals surface area contributed by atoms with Crippen LogP contribution < -0.4 is 10.6 Å². The van der Waals surface area contributed by atoms with E-state index in [9.17, 15) is 9.59 Å². The summed E-state index contributed by atoms with van der Waals surface area (Å²) in [5.41, 5.74) is 2.93. The monoisotopic (exact) mass is 554 g/mol. The minimum Gasteiger partial charge on any atom is -0.326 e. The molecular formula is C28H21Cl3N2O2S. The lowest BCUT2D eigenvalue weighted by Gasteiger charge is -2.18. The zero-order valence-electron chi connectivity index (χ0n) is 18.9. The van der Waals surface area contributed by atoms with E-state index < -0.39 is 5.25 Å². The van der Waals surface area contributed by atoms with Crippen molar-refractivity contribution < 1.29 is 9.59 Å². The van der Waals surface area contributed by atoms with Crippen LogP contribution in [0, 0.1) is 0 Å². The standard InChI is InChI=1S/C28H21Cl3N2O2S/c29-20-8-6-18(7-9-20)14-26(34)32-23-10-12-25(13-11-23)36-27(19-4-2-1-3-5-19)28(35)33-24-16-21(30)15-22(31)17-24/h1-13,15-17,27H,14H2,(H,32,34)(H,33,35). The number of carbonyl (C=O) groups excluding carboxylic acids is 2. The summed E-state index contributed by atoms with van der Waals surface area (Å²) in [6.07, 6.45) is 0.247. The van der Waals surface area contributed by atoms with E-state index >= 15 is 0 Å². The minimum atomic E-state index is -0.519. The Hall–Kier alpha value is -2.96. The summed E-state index contributed by atoms with van der Waals surface area (Å²) in [6.45, 7) is 0. The summed E-state index contributed by atoms with van der Waals surface area (Å²) in [5.74, 6) is -0.329. The maximum absolute atomic E-state index is 13.3. The lowest BCUT2D eigenvalue weighted by atomic mass is 10.1. The summed E-state index contributed by atoms with van der Waals surface area (Å²) >= 11 is 19.5. The molecule has 4 rings (SSSR count). The van der Waals surface area contributed by atoms with Crippen molar-refractivity contribution in [3.63, 3.8) is 0 Å². The molecule has 0 bridgehead atoms. The van der Waals surface area contributed by atoms with Crippen LogP contribution in [0.2, 0.25) is 15.1 Å². The topological polar surface area (TPSA) is 58.2 Å². The van der Waals surface area contributed by atoms with Crippen LogP contribution in [0.3, 0.4) is 0 Å². The van der Waals surface area contributed by atoms with E-state index in [1.165, 1.54) is 11.8 Å². The van der Waals surface area contributed by atoms with Gasteiger partial charge in [-0.25, -0.2) is 0 Å². The van der Waals surface area contributed by atoms with Gasteiger partial charge < -0.3 is 10.6 Å². The number of carbonyl (C=O) groups is 2. The molecule has 4 aromatic rings. The highest BCUT2D eigenvalue weighted by atomic mass is 35.5. The first-order valence-corrected chi connectivity index (χ1v) is 13.0. The fourth-order valence-corrected chi connectivity index (χ4v) is 5.16. The zero-order chi connectivity index (χ0) is 25.5. The van der Waals surface area contributed by atoms with Crippen molar-refractivity contribution in [2.24, 2.45) is 0 Å². The van der Waals surface area contributed by atoms with Gasteiger partial charge >= 0.3 is 0 Å². The molecule has 0 aliphatic heterocycles. The zero-order valence-corrected chi connectivity index (χ0v) is 22.0. The highest BCUT2D eigenvalue weighted by molar-refractivity contribution is 8.00. The second-order valence-corrected chi connectivity index (χ2v) is 10.4. The molecular weight excluding hydrogens is 535 g/mol. The number of hydrogen-bond acceptors (Lipinski definition) is 3. The first-order valence-electron chi connectivity index (χ1n) is 11.0. The molecule has 182 valence electrons. The van der Waals surface area contributed by atoms with E-state index in [-0.39, 0.29) is 18.2 Å². The van der Waals surface area contributed by atoms with Crippen molar-refractivity contribution in [1.82, 2.24) is 0 Å². The van der Waals surface area contributed by atoms with Gasteiger partial charge in [-0.15, -0.1) is 11.8 Å². The van der Waals surface area contributed by atoms with E-state index in [2.05, 4.69) is 10.6 Å². The van der Waals surface area contributed by atoms with Gasteiger partial charge in [0.15, 0.2) is 0 Å². The third kappa shape index (κ3) is 7.52. The molecule has 0 radical (unpaired) electrons. The van der Waals surface area contributed by atoms with Crippen LogP contribution >= 0.6 is 46.6 Å². The molecule has 2 N–H and O–H groups in total. The number of amides is 2. The number of benzene rings is 4. The Balaban J connectivity index is 1.45. The predicted molar refractivity (Wildman–Crippen MR) is 150 cm³/mol. The summed E-state index contributed by atoms with van der Waals surface area (Å²) in [6, 6.07) is 29.0. The average molecular weight is 556 g/mol. The Kier molecular flexibility index (Phi) is 8.94. The van der Waals surface area contributed by atoms with Crippen LogP contribution in [0.25, 0.3) is 0 Å². The molecule has 0 saturated carbocycles. The summed E-state index contributed by atoms with van der Waals surface area (Å²) in [4.78, 5) is 26.5. The molecule has 1 unspecified atom stereocenters. The average Bonchev–Trinajstić information content (AvgIpc) is 2.85. The van der Waals surface area contributed by atoms with Gasteiger partial charge in [0.2, 0.25) is 11.8 Å². The second-order valence-electron chi connectivity index (χ2n) is 7.93. The van der Waals surface area contributed by atoms with Crippen molar-refractivity contribution >= 4 is 69.8 Å². The lowest BCUT2D eigenvalue weighted by Crippen LogP contribution is -2.19. The first kappa shape index (κ1) is 26.1. The van der Waals surface area contributed by atoms with Gasteiger partial charge in [-0.05, 0) is 65.7 Å². The third-order valence-corrected chi connectivity index (χ3v) is 7.10. The Labute approximate surface area is 229 Å². The Morgan fingerprint density at radius 2 is 1.33 bits per heavy atom. The van der Waals surface area contributed by atoms with Crippen molar-refractivity contribution in [2.45, 2.75) is 16.6 Å². The van der Waals surface area contributed by atoms with Gasteiger partial charge in [-0.3, -0.25) is 9.59 Å². The molecule has 1 atom stereocenters. The van der Waals surface area contributed by atoms with Crippen molar-refractivity contribution in [3.8, 4) is 0 Å². The summed E-state index contributed by atoms with van der Waals surface area (Å²) in [5, 5.41) is 6.80. The first-order chi connectivity index (χ1) is 17.4. The Bertz CT molecular complexity index is 1330. The molecule has 4 aromatic carbocycles. The van der Waals surface area contributed by atoms with Gasteiger partial charge in [0.1, 0.15) is 5.25 Å². The fourth-order valence-electron chi connectivity index (χ4n) is 3.48. The van der Waals surface area contributed by atoms with Crippen LogP contribution in [-0.4, -0.2) is 11.8 Å². The van der Waals surface area contributed by atoms with E-state index in [0.29, 0.717) is 26.4 Å². The van der Waals surface area contributed by atoms with Crippen molar-refractivity contribution in [2.75, 3.05) is 10.6 Å². The van der Waals surface area contributed by atoms with Crippen LogP contribution in [0.1, 0.15) is 16.4 Å². The normalized spacial score (nSPS) is 11.5. The second kappa shape index (κ2) is 12.3. The molecule has 2 amide bonds. The number of nitrogens with one attached hydrogen (secondary N) is 2. The highest BCUT2D eigenvalue weighted by Crippen LogP contribution is 2.37. The summed E-state index contributed by atoms with van der Waals surface area (Å²) in [7, 11) is 0.